The van der Waals surface area contributed by atoms with Crippen LogP contribution in [0.25, 0.3) is 0 Å². The van der Waals surface area contributed by atoms with Crippen LogP contribution in [0.5, 0.6) is 0 Å². The first-order chi connectivity index (χ1) is 8.47. The summed E-state index contributed by atoms with van der Waals surface area (Å²) in [4.78, 5) is 14.1. The van der Waals surface area contributed by atoms with Crippen molar-refractivity contribution in [3.05, 3.63) is 34.1 Å². The van der Waals surface area contributed by atoms with E-state index < -0.39 is 0 Å². The normalized spacial score (nSPS) is 24.1. The van der Waals surface area contributed by atoms with E-state index in [4.69, 9.17) is 0 Å². The lowest BCUT2D eigenvalue weighted by atomic mass is 10.1. The van der Waals surface area contributed by atoms with Gasteiger partial charge in [0.05, 0.1) is 4.47 Å². The third-order valence-corrected chi connectivity index (χ3v) is 3.62. The maximum absolute atomic E-state index is 13.1. The van der Waals surface area contributed by atoms with Gasteiger partial charge in [0.2, 0.25) is 0 Å². The van der Waals surface area contributed by atoms with Crippen LogP contribution in [0.15, 0.2) is 22.7 Å². The quantitative estimate of drug-likeness (QED) is 0.863. The molecule has 1 fully saturated rings. The summed E-state index contributed by atoms with van der Waals surface area (Å²) in [6, 6.07) is 4.93. The van der Waals surface area contributed by atoms with Crippen LogP contribution >= 0.6 is 15.9 Å². The van der Waals surface area contributed by atoms with E-state index in [1.54, 1.807) is 0 Å². The number of benzene rings is 1. The number of carbonyl (C=O) groups excluding carboxylic acids is 1. The van der Waals surface area contributed by atoms with Gasteiger partial charge in [-0.1, -0.05) is 0 Å². The minimum absolute atomic E-state index is 0.0455. The summed E-state index contributed by atoms with van der Waals surface area (Å²) in [7, 11) is 0. The van der Waals surface area contributed by atoms with E-state index in [0.29, 0.717) is 23.1 Å². The van der Waals surface area contributed by atoms with Crippen LogP contribution < -0.4 is 5.32 Å². The number of halogens is 2. The molecule has 0 aliphatic carbocycles. The summed E-state index contributed by atoms with van der Waals surface area (Å²) in [6.45, 7) is 5.46. The molecule has 2 atom stereocenters. The Morgan fingerprint density at radius 1 is 1.39 bits per heavy atom. The topological polar surface area (TPSA) is 32.3 Å². The minimum Gasteiger partial charge on any atom is -0.336 e. The highest BCUT2D eigenvalue weighted by atomic mass is 79.9. The molecule has 1 aromatic carbocycles. The SMILES string of the molecule is C[C@H]1CN(C(=O)c2ccc(F)c(Br)c2)C[C@H](C)N1. The molecule has 1 aliphatic rings. The first-order valence-electron chi connectivity index (χ1n) is 5.97. The van der Waals surface area contributed by atoms with Crippen LogP contribution in [0.2, 0.25) is 0 Å². The summed E-state index contributed by atoms with van der Waals surface area (Å²) in [5.41, 5.74) is 0.518. The molecule has 0 aromatic heterocycles. The van der Waals surface area contributed by atoms with Crippen LogP contribution in [0, 0.1) is 5.82 Å². The molecule has 1 heterocycles. The number of nitrogens with one attached hydrogen (secondary N) is 1. The zero-order chi connectivity index (χ0) is 13.3. The molecule has 1 amide bonds. The first-order valence-corrected chi connectivity index (χ1v) is 6.77. The molecule has 5 heteroatoms. The number of hydrogen-bond donors (Lipinski definition) is 1. The van der Waals surface area contributed by atoms with Gasteiger partial charge in [0.1, 0.15) is 5.82 Å². The van der Waals surface area contributed by atoms with Crippen molar-refractivity contribution in [3.63, 3.8) is 0 Å². The number of carbonyl (C=O) groups is 1. The van der Waals surface area contributed by atoms with Crippen LogP contribution in [-0.2, 0) is 0 Å². The van der Waals surface area contributed by atoms with E-state index in [0.717, 1.165) is 0 Å². The molecule has 1 saturated heterocycles. The lowest BCUT2D eigenvalue weighted by molar-refractivity contribution is 0.0673. The van der Waals surface area contributed by atoms with Crippen molar-refractivity contribution in [1.29, 1.82) is 0 Å². The van der Waals surface area contributed by atoms with E-state index in [9.17, 15) is 9.18 Å². The smallest absolute Gasteiger partial charge is 0.254 e. The summed E-state index contributed by atoms with van der Waals surface area (Å²) in [5, 5.41) is 3.37. The summed E-state index contributed by atoms with van der Waals surface area (Å²) < 4.78 is 13.5. The molecule has 2 rings (SSSR count). The molecule has 3 nitrogen and oxygen atoms in total. The van der Waals surface area contributed by atoms with Gasteiger partial charge in [0, 0.05) is 30.7 Å². The lowest BCUT2D eigenvalue weighted by Gasteiger charge is -2.36. The Hall–Kier alpha value is -0.940. The predicted molar refractivity (Wildman–Crippen MR) is 72.1 cm³/mol. The molecule has 0 spiro atoms. The number of piperazine rings is 1. The first kappa shape index (κ1) is 13.5. The second-order valence-electron chi connectivity index (χ2n) is 4.81. The largest absolute Gasteiger partial charge is 0.336 e. The van der Waals surface area contributed by atoms with Crippen LogP contribution in [0.4, 0.5) is 4.39 Å². The molecule has 1 aromatic rings. The number of nitrogens with zero attached hydrogens (tertiary/aromatic N) is 1. The lowest BCUT2D eigenvalue weighted by Crippen LogP contribution is -2.55. The van der Waals surface area contributed by atoms with E-state index in [1.165, 1.54) is 18.2 Å². The average molecular weight is 315 g/mol. The van der Waals surface area contributed by atoms with Crippen LogP contribution in [0.1, 0.15) is 24.2 Å². The maximum Gasteiger partial charge on any atom is 0.254 e. The van der Waals surface area contributed by atoms with Crippen molar-refractivity contribution >= 4 is 21.8 Å². The van der Waals surface area contributed by atoms with E-state index in [-0.39, 0.29) is 23.8 Å². The molecule has 0 radical (unpaired) electrons. The predicted octanol–water partition coefficient (Wildman–Crippen LogP) is 2.41. The van der Waals surface area contributed by atoms with Gasteiger partial charge >= 0.3 is 0 Å². The molecule has 0 unspecified atom stereocenters. The highest BCUT2D eigenvalue weighted by Gasteiger charge is 2.25. The van der Waals surface area contributed by atoms with Gasteiger partial charge in [-0.15, -0.1) is 0 Å². The molecule has 0 saturated carbocycles. The van der Waals surface area contributed by atoms with Crippen molar-refractivity contribution in [3.8, 4) is 0 Å². The van der Waals surface area contributed by atoms with Gasteiger partial charge in [0.25, 0.3) is 5.91 Å². The molecule has 1 aliphatic heterocycles. The van der Waals surface area contributed by atoms with Gasteiger partial charge in [0.15, 0.2) is 0 Å². The van der Waals surface area contributed by atoms with Crippen molar-refractivity contribution in [2.45, 2.75) is 25.9 Å². The summed E-state index contributed by atoms with van der Waals surface area (Å²) in [6.07, 6.45) is 0. The zero-order valence-electron chi connectivity index (χ0n) is 10.4. The van der Waals surface area contributed by atoms with Gasteiger partial charge in [-0.2, -0.15) is 0 Å². The number of rotatable bonds is 1. The highest BCUT2D eigenvalue weighted by molar-refractivity contribution is 9.10. The molecular formula is C13H16BrFN2O. The Morgan fingerprint density at radius 2 is 2.00 bits per heavy atom. The third kappa shape index (κ3) is 2.90. The van der Waals surface area contributed by atoms with Gasteiger partial charge in [-0.3, -0.25) is 4.79 Å². The summed E-state index contributed by atoms with van der Waals surface area (Å²) in [5.74, 6) is -0.399. The van der Waals surface area contributed by atoms with Gasteiger partial charge < -0.3 is 10.2 Å². The standard InChI is InChI=1S/C13H16BrFN2O/c1-8-6-17(7-9(2)16-8)13(18)10-3-4-12(15)11(14)5-10/h3-5,8-9,16H,6-7H2,1-2H3/t8-,9-/m0/s1. The Balaban J connectivity index is 2.17. The van der Waals surface area contributed by atoms with Crippen LogP contribution in [0.3, 0.4) is 0 Å². The molecule has 1 N–H and O–H groups in total. The van der Waals surface area contributed by atoms with E-state index >= 15 is 0 Å². The Kier molecular flexibility index (Phi) is 4.02. The van der Waals surface area contributed by atoms with Gasteiger partial charge in [-0.05, 0) is 48.0 Å². The molecule has 0 bridgehead atoms. The molecule has 98 valence electrons. The van der Waals surface area contributed by atoms with Crippen molar-refractivity contribution in [2.24, 2.45) is 0 Å². The molecular weight excluding hydrogens is 299 g/mol. The summed E-state index contributed by atoms with van der Waals surface area (Å²) >= 11 is 3.10. The van der Waals surface area contributed by atoms with E-state index in [2.05, 4.69) is 35.1 Å². The Labute approximate surface area is 114 Å². The van der Waals surface area contributed by atoms with Crippen LogP contribution in [-0.4, -0.2) is 36.0 Å². The second-order valence-corrected chi connectivity index (χ2v) is 5.66. The fourth-order valence-corrected chi connectivity index (χ4v) is 2.68. The fourth-order valence-electron chi connectivity index (χ4n) is 2.30. The number of amides is 1. The van der Waals surface area contributed by atoms with Crippen molar-refractivity contribution < 1.29 is 9.18 Å². The number of hydrogen-bond acceptors (Lipinski definition) is 2. The van der Waals surface area contributed by atoms with E-state index in [1.807, 2.05) is 4.90 Å². The minimum atomic E-state index is -0.353. The van der Waals surface area contributed by atoms with Crippen molar-refractivity contribution in [2.75, 3.05) is 13.1 Å². The fraction of sp³-hybridized carbons (Fsp3) is 0.462. The zero-order valence-corrected chi connectivity index (χ0v) is 12.0. The third-order valence-electron chi connectivity index (χ3n) is 3.01. The average Bonchev–Trinajstić information content (AvgIpc) is 2.30. The Morgan fingerprint density at radius 3 is 2.56 bits per heavy atom. The molecule has 18 heavy (non-hydrogen) atoms. The second kappa shape index (κ2) is 5.36. The maximum atomic E-state index is 13.1. The Bertz CT molecular complexity index is 456. The monoisotopic (exact) mass is 314 g/mol. The highest BCUT2D eigenvalue weighted by Crippen LogP contribution is 2.19. The van der Waals surface area contributed by atoms with Crippen molar-refractivity contribution in [1.82, 2.24) is 10.2 Å². The van der Waals surface area contributed by atoms with Gasteiger partial charge in [-0.25, -0.2) is 4.39 Å².